The molecule has 0 aromatic heterocycles. The standard InChI is InChI=1S/C40H56ClN3O11/c1-24-11-10-12-31(52-6)40(50)23-30(53-38(49)42-40)25(2)36-39(3,55-36)32(22-33(45)43(4)28-20-26(19-24)21-29(51-5)35(28)41)54-34(46)13-8-7-9-16-44-17-14-27(15-18-44)37(47)48/h10-12,20-21,25,27,30-32,36,50H,7-9,13-19,22-23H2,1-6H3,(H,42,49)(H,47,48)/b12-10+,24-11+/t25-,30+,31-,32+,36?,39+,40+/m1/s1. The number of piperidine rings is 1. The number of halogens is 1. The number of unbranched alkanes of at least 4 members (excludes halogenated alkanes) is 2. The number of carboxylic acid groups (broad SMARTS) is 1. The molecule has 1 aromatic rings. The summed E-state index contributed by atoms with van der Waals surface area (Å²) in [6.07, 6.45) is 5.07. The van der Waals surface area contributed by atoms with Gasteiger partial charge in [0.1, 0.15) is 34.7 Å². The lowest BCUT2D eigenvalue weighted by Crippen LogP contribution is -2.63. The van der Waals surface area contributed by atoms with Gasteiger partial charge < -0.3 is 43.7 Å². The fourth-order valence-corrected chi connectivity index (χ4v) is 8.32. The van der Waals surface area contributed by atoms with E-state index in [4.69, 9.17) is 35.3 Å². The summed E-state index contributed by atoms with van der Waals surface area (Å²) in [7, 11) is 4.56. The van der Waals surface area contributed by atoms with E-state index in [2.05, 4.69) is 10.2 Å². The first kappa shape index (κ1) is 42.5. The number of rotatable bonds is 10. The number of carbonyl (C=O) groups excluding carboxylic acids is 3. The molecule has 0 spiro atoms. The Kier molecular flexibility index (Phi) is 13.9. The average molecular weight is 790 g/mol. The summed E-state index contributed by atoms with van der Waals surface area (Å²) in [4.78, 5) is 55.3. The third-order valence-electron chi connectivity index (χ3n) is 11.5. The number of hydrogen-bond donors (Lipinski definition) is 3. The maximum absolute atomic E-state index is 14.1. The van der Waals surface area contributed by atoms with E-state index in [-0.39, 0.29) is 36.1 Å². The summed E-state index contributed by atoms with van der Waals surface area (Å²) in [5.74, 6) is -1.92. The molecule has 0 saturated carbocycles. The van der Waals surface area contributed by atoms with Crippen molar-refractivity contribution >= 4 is 41.2 Å². The number of aliphatic hydroxyl groups is 1. The van der Waals surface area contributed by atoms with Crippen LogP contribution in [-0.2, 0) is 39.8 Å². The Hall–Kier alpha value is -3.69. The molecule has 4 aliphatic rings. The molecule has 304 valence electrons. The highest BCUT2D eigenvalue weighted by molar-refractivity contribution is 6.35. The first-order valence-electron chi connectivity index (χ1n) is 19.1. The number of epoxide rings is 1. The van der Waals surface area contributed by atoms with Crippen LogP contribution >= 0.6 is 11.6 Å². The van der Waals surface area contributed by atoms with Crippen molar-refractivity contribution in [3.63, 3.8) is 0 Å². The van der Waals surface area contributed by atoms with Crippen LogP contribution < -0.4 is 15.0 Å². The molecule has 1 unspecified atom stereocenters. The number of esters is 1. The SMILES string of the molecule is COc1cc2cc(c1Cl)N(C)C(=O)C[C@H](OC(=O)CCCCCN1CCC(C(=O)O)CC1)[C@]1(C)OC1[C@H](C)[C@@H]1C[C@@](O)(NC(=O)O1)[C@H](OC)/C=C/C=C(\C)C2. The minimum Gasteiger partial charge on any atom is -0.495 e. The van der Waals surface area contributed by atoms with Crippen molar-refractivity contribution in [3.8, 4) is 5.75 Å². The van der Waals surface area contributed by atoms with Crippen molar-refractivity contribution in [2.45, 2.75) is 114 Å². The van der Waals surface area contributed by atoms with Crippen LogP contribution in [0.3, 0.4) is 0 Å². The van der Waals surface area contributed by atoms with Crippen LogP contribution in [0.4, 0.5) is 10.5 Å². The predicted molar refractivity (Wildman–Crippen MR) is 204 cm³/mol. The zero-order chi connectivity index (χ0) is 40.1. The first-order valence-corrected chi connectivity index (χ1v) is 19.5. The Balaban J connectivity index is 1.36. The van der Waals surface area contributed by atoms with E-state index < -0.39 is 59.7 Å². The number of benzene rings is 1. The van der Waals surface area contributed by atoms with Crippen LogP contribution in [0.5, 0.6) is 5.75 Å². The molecule has 3 fully saturated rings. The Bertz CT molecular complexity index is 1650. The fourth-order valence-electron chi connectivity index (χ4n) is 8.01. The van der Waals surface area contributed by atoms with Gasteiger partial charge in [-0.1, -0.05) is 48.7 Å². The summed E-state index contributed by atoms with van der Waals surface area (Å²) in [5.41, 5.74) is -0.707. The van der Waals surface area contributed by atoms with Gasteiger partial charge in [-0.2, -0.15) is 0 Å². The maximum atomic E-state index is 14.1. The number of ether oxygens (including phenoxy) is 5. The lowest BCUT2D eigenvalue weighted by molar-refractivity contribution is -0.154. The number of nitrogens with zero attached hydrogens (tertiary/aromatic N) is 2. The van der Waals surface area contributed by atoms with Gasteiger partial charge in [0, 0.05) is 32.9 Å². The predicted octanol–water partition coefficient (Wildman–Crippen LogP) is 5.02. The molecule has 14 nitrogen and oxygen atoms in total. The monoisotopic (exact) mass is 789 g/mol. The number of carboxylic acids is 1. The number of aliphatic carboxylic acids is 1. The largest absolute Gasteiger partial charge is 0.495 e. The van der Waals surface area contributed by atoms with Crippen LogP contribution in [0.2, 0.25) is 5.02 Å². The summed E-state index contributed by atoms with van der Waals surface area (Å²) >= 11 is 6.77. The zero-order valence-electron chi connectivity index (χ0n) is 32.7. The topological polar surface area (TPSA) is 177 Å². The minimum atomic E-state index is -1.80. The summed E-state index contributed by atoms with van der Waals surface area (Å²) in [5, 5.41) is 23.8. The van der Waals surface area contributed by atoms with Crippen LogP contribution in [0, 0.1) is 11.8 Å². The van der Waals surface area contributed by atoms with E-state index in [1.165, 1.54) is 19.1 Å². The number of alkyl carbamates (subject to hydrolysis) is 1. The normalized spacial score (nSPS) is 32.3. The molecule has 7 atom stereocenters. The van der Waals surface area contributed by atoms with Crippen molar-refractivity contribution in [3.05, 3.63) is 46.5 Å². The Morgan fingerprint density at radius 3 is 2.53 bits per heavy atom. The summed E-state index contributed by atoms with van der Waals surface area (Å²) < 4.78 is 29.3. The number of methoxy groups -OCH3 is 2. The molecule has 55 heavy (non-hydrogen) atoms. The molecule has 15 heteroatoms. The lowest BCUT2D eigenvalue weighted by atomic mass is 9.83. The average Bonchev–Trinajstić information content (AvgIpc) is 3.84. The van der Waals surface area contributed by atoms with Crippen molar-refractivity contribution in [2.24, 2.45) is 11.8 Å². The van der Waals surface area contributed by atoms with Crippen LogP contribution in [-0.4, -0.2) is 116 Å². The number of likely N-dealkylation sites (tertiary alicyclic amines) is 1. The number of fused-ring (bicyclic) bond motifs is 5. The van der Waals surface area contributed by atoms with E-state index in [0.29, 0.717) is 37.1 Å². The molecular weight excluding hydrogens is 734 g/mol. The third-order valence-corrected chi connectivity index (χ3v) is 11.9. The van der Waals surface area contributed by atoms with Gasteiger partial charge in [0.05, 0.1) is 31.2 Å². The summed E-state index contributed by atoms with van der Waals surface area (Å²) in [6.45, 7) is 7.88. The van der Waals surface area contributed by atoms with Crippen molar-refractivity contribution in [1.29, 1.82) is 0 Å². The number of amides is 2. The number of nitrogens with one attached hydrogen (secondary N) is 1. The highest BCUT2D eigenvalue weighted by atomic mass is 35.5. The van der Waals surface area contributed by atoms with Crippen molar-refractivity contribution < 1.29 is 53.1 Å². The number of allylic oxidation sites excluding steroid dienone is 3. The van der Waals surface area contributed by atoms with Crippen LogP contribution in [0.1, 0.15) is 77.7 Å². The van der Waals surface area contributed by atoms with Gasteiger partial charge in [0.2, 0.25) is 5.91 Å². The quantitative estimate of drug-likeness (QED) is 0.164. The number of hydrogen-bond acceptors (Lipinski definition) is 11. The lowest BCUT2D eigenvalue weighted by Gasteiger charge is -2.42. The molecule has 4 heterocycles. The van der Waals surface area contributed by atoms with Gasteiger partial charge in [-0.25, -0.2) is 4.79 Å². The van der Waals surface area contributed by atoms with Gasteiger partial charge in [-0.15, -0.1) is 0 Å². The Morgan fingerprint density at radius 1 is 1.13 bits per heavy atom. The molecular formula is C40H56ClN3O11. The van der Waals surface area contributed by atoms with E-state index in [1.54, 1.807) is 26.1 Å². The van der Waals surface area contributed by atoms with Gasteiger partial charge in [-0.05, 0) is 83.3 Å². The zero-order valence-corrected chi connectivity index (χ0v) is 33.4. The number of anilines is 1. The van der Waals surface area contributed by atoms with Crippen LogP contribution in [0.15, 0.2) is 35.9 Å². The smallest absolute Gasteiger partial charge is 0.409 e. The number of carbonyl (C=O) groups is 4. The van der Waals surface area contributed by atoms with E-state index >= 15 is 0 Å². The highest BCUT2D eigenvalue weighted by Gasteiger charge is 2.64. The Labute approximate surface area is 328 Å². The maximum Gasteiger partial charge on any atom is 0.409 e. The van der Waals surface area contributed by atoms with Gasteiger partial charge >= 0.3 is 18.0 Å². The van der Waals surface area contributed by atoms with Gasteiger partial charge in [0.15, 0.2) is 5.72 Å². The third kappa shape index (κ3) is 10.2. The van der Waals surface area contributed by atoms with Gasteiger partial charge in [-0.3, -0.25) is 19.7 Å². The molecule has 5 rings (SSSR count). The van der Waals surface area contributed by atoms with E-state index in [1.807, 2.05) is 32.1 Å². The molecule has 3 N–H and O–H groups in total. The second-order valence-corrected chi connectivity index (χ2v) is 15.9. The molecule has 2 amide bonds. The van der Waals surface area contributed by atoms with Crippen LogP contribution in [0.25, 0.3) is 0 Å². The molecule has 1 aromatic carbocycles. The van der Waals surface area contributed by atoms with Crippen molar-refractivity contribution in [1.82, 2.24) is 10.2 Å². The fraction of sp³-hybridized carbons (Fsp3) is 0.650. The summed E-state index contributed by atoms with van der Waals surface area (Å²) in [6, 6.07) is 3.63. The second kappa shape index (κ2) is 18.1. The molecule has 0 aliphatic carbocycles. The molecule has 4 aliphatic heterocycles. The molecule has 0 radical (unpaired) electrons. The van der Waals surface area contributed by atoms with Gasteiger partial charge in [0.25, 0.3) is 0 Å². The van der Waals surface area contributed by atoms with Crippen molar-refractivity contribution in [2.75, 3.05) is 45.8 Å². The first-order chi connectivity index (χ1) is 26.1. The second-order valence-electron chi connectivity index (χ2n) is 15.5. The van der Waals surface area contributed by atoms with E-state index in [9.17, 15) is 29.4 Å². The Morgan fingerprint density at radius 2 is 1.85 bits per heavy atom. The molecule has 3 saturated heterocycles. The highest BCUT2D eigenvalue weighted by Crippen LogP contribution is 2.49. The molecule has 4 bridgehead atoms. The van der Waals surface area contributed by atoms with E-state index in [0.717, 1.165) is 43.6 Å². The minimum absolute atomic E-state index is 0.0186.